The quantitative estimate of drug-likeness (QED) is 0.393. The Kier molecular flexibility index (Phi) is 4.48. The van der Waals surface area contributed by atoms with E-state index < -0.39 is 0 Å². The number of hydrogen-bond acceptors (Lipinski definition) is 0. The molecule has 0 heterocycles. The summed E-state index contributed by atoms with van der Waals surface area (Å²) < 4.78 is 0. The summed E-state index contributed by atoms with van der Waals surface area (Å²) in [7, 11) is 0. The maximum absolute atomic E-state index is 3.52. The first-order chi connectivity index (χ1) is 3.41. The average molecular weight is 91.1 g/mol. The molecule has 0 bridgehead atoms. The molecule has 0 aliphatic heterocycles. The van der Waals surface area contributed by atoms with Crippen LogP contribution in [0.3, 0.4) is 0 Å². The van der Waals surface area contributed by atoms with E-state index in [1.807, 2.05) is 0 Å². The highest BCUT2D eigenvalue weighted by atomic mass is 13.6. The van der Waals surface area contributed by atoms with E-state index in [-0.39, 0.29) is 0 Å². The highest BCUT2D eigenvalue weighted by Crippen LogP contribution is 1.62. The summed E-state index contributed by atoms with van der Waals surface area (Å²) in [6.07, 6.45) is 0.648. The maximum atomic E-state index is 3.52. The van der Waals surface area contributed by atoms with Crippen molar-refractivity contribution in [3.63, 3.8) is 0 Å². The van der Waals surface area contributed by atoms with Crippen LogP contribution in [0.25, 0.3) is 0 Å². The summed E-state index contributed by atoms with van der Waals surface area (Å²) in [5.41, 5.74) is 0. The van der Waals surface area contributed by atoms with Gasteiger partial charge >= 0.3 is 0 Å². The van der Waals surface area contributed by atoms with Gasteiger partial charge in [0.05, 0.1) is 0 Å². The fourth-order valence-corrected chi connectivity index (χ4v) is 0.169. The van der Waals surface area contributed by atoms with Gasteiger partial charge in [0.15, 0.2) is 0 Å². The van der Waals surface area contributed by atoms with Crippen molar-refractivity contribution in [2.45, 2.75) is 13.3 Å². The Morgan fingerprint density at radius 2 is 2.14 bits per heavy atom. The van der Waals surface area contributed by atoms with E-state index in [0.29, 0.717) is 6.42 Å². The van der Waals surface area contributed by atoms with Gasteiger partial charge in [-0.15, -0.1) is 0 Å². The molecule has 0 aromatic rings. The Bertz CT molecular complexity index is 133. The molecule has 0 atom stereocenters. The Hall–Kier alpha value is -0.880. The van der Waals surface area contributed by atoms with Crippen molar-refractivity contribution in [3.8, 4) is 23.7 Å². The highest BCUT2D eigenvalue weighted by molar-refractivity contribution is 5.24. The van der Waals surface area contributed by atoms with Gasteiger partial charge in [-0.25, -0.2) is 0 Å². The lowest BCUT2D eigenvalue weighted by Gasteiger charge is -1.59. The molecule has 0 saturated heterocycles. The summed E-state index contributed by atoms with van der Waals surface area (Å²) in [4.78, 5) is 0. The largest absolute Gasteiger partial charge is 0.0925 e. The molecule has 0 rings (SSSR count). The molecule has 0 spiro atoms. The van der Waals surface area contributed by atoms with Gasteiger partial charge in [0, 0.05) is 6.42 Å². The van der Waals surface area contributed by atoms with Crippen LogP contribution >= 0.6 is 0 Å². The lowest BCUT2D eigenvalue weighted by atomic mass is 10.5. The summed E-state index contributed by atoms with van der Waals surface area (Å²) in [5, 5.41) is 0. The third kappa shape index (κ3) is 5.12. The van der Waals surface area contributed by atoms with Crippen LogP contribution in [0.15, 0.2) is 0 Å². The van der Waals surface area contributed by atoms with Crippen LogP contribution in [0.2, 0.25) is 0 Å². The van der Waals surface area contributed by atoms with Gasteiger partial charge in [-0.2, -0.15) is 0 Å². The van der Waals surface area contributed by atoms with E-state index in [1.54, 1.807) is 6.92 Å². The van der Waals surface area contributed by atoms with E-state index in [9.17, 15) is 0 Å². The van der Waals surface area contributed by atoms with Gasteiger partial charge < -0.3 is 0 Å². The van der Waals surface area contributed by atoms with Crippen molar-refractivity contribution in [3.05, 3.63) is 6.92 Å². The molecule has 0 nitrogen and oxygen atoms in total. The molecule has 0 unspecified atom stereocenters. The average Bonchev–Trinajstić information content (AvgIpc) is 1.69. The zero-order valence-corrected chi connectivity index (χ0v) is 4.41. The van der Waals surface area contributed by atoms with E-state index in [1.165, 1.54) is 0 Å². The molecule has 0 heteroatoms. The monoisotopic (exact) mass is 91.1 g/mol. The van der Waals surface area contributed by atoms with Gasteiger partial charge in [0.1, 0.15) is 0 Å². The lowest BCUT2D eigenvalue weighted by molar-refractivity contribution is 1.49. The van der Waals surface area contributed by atoms with Crippen LogP contribution < -0.4 is 0 Å². The molecule has 0 fully saturated rings. The first kappa shape index (κ1) is 6.12. The molecule has 7 heavy (non-hydrogen) atoms. The Balaban J connectivity index is 3.39. The van der Waals surface area contributed by atoms with Gasteiger partial charge in [-0.05, 0) is 25.7 Å². The molecule has 0 amide bonds. The predicted octanol–water partition coefficient (Wildman–Crippen LogP) is 1.24. The molecule has 0 saturated carbocycles. The molecular weight excluding hydrogens is 84.1 g/mol. The van der Waals surface area contributed by atoms with E-state index >= 15 is 0 Å². The molecule has 1 radical (unpaired) electrons. The Labute approximate surface area is 44.9 Å². The second kappa shape index (κ2) is 5.12. The van der Waals surface area contributed by atoms with Crippen molar-refractivity contribution in [1.29, 1.82) is 0 Å². The van der Waals surface area contributed by atoms with E-state index in [0.717, 1.165) is 0 Å². The SMILES string of the molecule is [CH2]CC#CC#CC. The van der Waals surface area contributed by atoms with Gasteiger partial charge in [0.2, 0.25) is 0 Å². The molecule has 0 aliphatic carbocycles. The topological polar surface area (TPSA) is 0 Å². The van der Waals surface area contributed by atoms with Crippen molar-refractivity contribution >= 4 is 0 Å². The zero-order valence-electron chi connectivity index (χ0n) is 4.41. The highest BCUT2D eigenvalue weighted by Gasteiger charge is 1.53. The summed E-state index contributed by atoms with van der Waals surface area (Å²) in [6, 6.07) is 0. The maximum Gasteiger partial charge on any atom is 0.00992 e. The van der Waals surface area contributed by atoms with Gasteiger partial charge in [-0.3, -0.25) is 0 Å². The second-order valence-corrected chi connectivity index (χ2v) is 0.927. The molecule has 0 aromatic heterocycles. The van der Waals surface area contributed by atoms with Crippen LogP contribution in [-0.2, 0) is 0 Å². The normalized spacial score (nSPS) is 4.86. The van der Waals surface area contributed by atoms with Crippen LogP contribution in [0, 0.1) is 30.6 Å². The van der Waals surface area contributed by atoms with Crippen LogP contribution in [-0.4, -0.2) is 0 Å². The fraction of sp³-hybridized carbons (Fsp3) is 0.286. The minimum Gasteiger partial charge on any atom is -0.0925 e. The van der Waals surface area contributed by atoms with Crippen molar-refractivity contribution in [1.82, 2.24) is 0 Å². The second-order valence-electron chi connectivity index (χ2n) is 0.927. The van der Waals surface area contributed by atoms with Crippen LogP contribution in [0.4, 0.5) is 0 Å². The van der Waals surface area contributed by atoms with Crippen molar-refractivity contribution in [2.24, 2.45) is 0 Å². The smallest absolute Gasteiger partial charge is 0.00992 e. The van der Waals surface area contributed by atoms with Crippen molar-refractivity contribution < 1.29 is 0 Å². The van der Waals surface area contributed by atoms with Crippen LogP contribution in [0.5, 0.6) is 0 Å². The molecule has 0 aliphatic rings. The standard InChI is InChI=1S/C7H7/c1-3-5-7-6-4-2/h1,3H2,2H3. The first-order valence-corrected chi connectivity index (χ1v) is 2.10. The summed E-state index contributed by atoms with van der Waals surface area (Å²) in [5.74, 6) is 10.6. The Morgan fingerprint density at radius 3 is 2.57 bits per heavy atom. The number of rotatable bonds is 0. The third-order valence-electron chi connectivity index (χ3n) is 0.401. The van der Waals surface area contributed by atoms with E-state index in [4.69, 9.17) is 0 Å². The minimum absolute atomic E-state index is 0.648. The third-order valence-corrected chi connectivity index (χ3v) is 0.401. The van der Waals surface area contributed by atoms with E-state index in [2.05, 4.69) is 30.6 Å². The summed E-state index contributed by atoms with van der Waals surface area (Å²) in [6.45, 7) is 5.28. The van der Waals surface area contributed by atoms with Crippen molar-refractivity contribution in [2.75, 3.05) is 0 Å². The molecule has 35 valence electrons. The molecular formula is C7H7. The number of hydrogen-bond donors (Lipinski definition) is 0. The van der Waals surface area contributed by atoms with Gasteiger partial charge in [-0.1, -0.05) is 11.8 Å². The van der Waals surface area contributed by atoms with Crippen LogP contribution in [0.1, 0.15) is 13.3 Å². The molecule has 0 N–H and O–H groups in total. The fourth-order valence-electron chi connectivity index (χ4n) is 0.169. The first-order valence-electron chi connectivity index (χ1n) is 2.10. The summed E-state index contributed by atoms with van der Waals surface area (Å²) >= 11 is 0. The lowest BCUT2D eigenvalue weighted by Crippen LogP contribution is -1.51. The van der Waals surface area contributed by atoms with Gasteiger partial charge in [0.25, 0.3) is 0 Å². The zero-order chi connectivity index (χ0) is 5.54. The minimum atomic E-state index is 0.648. The Morgan fingerprint density at radius 1 is 1.43 bits per heavy atom. The predicted molar refractivity (Wildman–Crippen MR) is 31.2 cm³/mol. The molecule has 0 aromatic carbocycles.